The molecule has 5 heteroatoms. The normalized spacial score (nSPS) is 12.4. The molecule has 1 rings (SSSR count). The van der Waals surface area contributed by atoms with Gasteiger partial charge in [-0.2, -0.15) is 0 Å². The molecule has 1 aromatic heterocycles. The van der Waals surface area contributed by atoms with Crippen molar-refractivity contribution in [1.82, 2.24) is 5.32 Å². The SMILES string of the molecule is CCCC(CCBr)CNC(=O)c1cc(C)c(Br)s1. The van der Waals surface area contributed by atoms with Crippen molar-refractivity contribution in [3.8, 4) is 0 Å². The number of hydrogen-bond donors (Lipinski definition) is 1. The van der Waals surface area contributed by atoms with Crippen LogP contribution in [0.25, 0.3) is 0 Å². The van der Waals surface area contributed by atoms with Gasteiger partial charge < -0.3 is 5.32 Å². The van der Waals surface area contributed by atoms with Gasteiger partial charge >= 0.3 is 0 Å². The number of nitrogens with one attached hydrogen (secondary N) is 1. The van der Waals surface area contributed by atoms with Gasteiger partial charge in [-0.25, -0.2) is 0 Å². The number of thiophene rings is 1. The number of hydrogen-bond acceptors (Lipinski definition) is 2. The Morgan fingerprint density at radius 2 is 2.22 bits per heavy atom. The van der Waals surface area contributed by atoms with Crippen molar-refractivity contribution in [3.05, 3.63) is 20.3 Å². The van der Waals surface area contributed by atoms with Crippen LogP contribution in [0.4, 0.5) is 0 Å². The molecule has 1 aromatic rings. The molecule has 102 valence electrons. The Bertz CT molecular complexity index is 367. The zero-order chi connectivity index (χ0) is 13.5. The molecule has 18 heavy (non-hydrogen) atoms. The molecule has 1 heterocycles. The fourth-order valence-corrected chi connectivity index (χ4v) is 3.91. The molecule has 0 saturated heterocycles. The first-order chi connectivity index (χ1) is 8.58. The minimum Gasteiger partial charge on any atom is -0.351 e. The third-order valence-electron chi connectivity index (χ3n) is 2.85. The Morgan fingerprint density at radius 3 is 2.72 bits per heavy atom. The second-order valence-electron chi connectivity index (χ2n) is 4.41. The molecule has 1 atom stereocenters. The van der Waals surface area contributed by atoms with Crippen molar-refractivity contribution in [2.24, 2.45) is 5.92 Å². The maximum absolute atomic E-state index is 12.0. The minimum absolute atomic E-state index is 0.0458. The highest BCUT2D eigenvalue weighted by molar-refractivity contribution is 9.11. The van der Waals surface area contributed by atoms with Crippen LogP contribution in [-0.2, 0) is 0 Å². The highest BCUT2D eigenvalue weighted by Crippen LogP contribution is 2.27. The van der Waals surface area contributed by atoms with Crippen LogP contribution in [0.5, 0.6) is 0 Å². The molecule has 0 aliphatic heterocycles. The van der Waals surface area contributed by atoms with Crippen LogP contribution in [0.2, 0.25) is 0 Å². The largest absolute Gasteiger partial charge is 0.351 e. The monoisotopic (exact) mass is 395 g/mol. The maximum Gasteiger partial charge on any atom is 0.261 e. The molecule has 0 spiro atoms. The summed E-state index contributed by atoms with van der Waals surface area (Å²) in [7, 11) is 0. The summed E-state index contributed by atoms with van der Waals surface area (Å²) in [6.45, 7) is 4.96. The van der Waals surface area contributed by atoms with Crippen LogP contribution in [0.3, 0.4) is 0 Å². The Kier molecular flexibility index (Phi) is 7.49. The topological polar surface area (TPSA) is 29.1 Å². The lowest BCUT2D eigenvalue weighted by Gasteiger charge is -2.15. The van der Waals surface area contributed by atoms with Crippen molar-refractivity contribution < 1.29 is 4.79 Å². The zero-order valence-corrected chi connectivity index (χ0v) is 14.8. The van der Waals surface area contributed by atoms with Crippen molar-refractivity contribution >= 4 is 49.1 Å². The average molecular weight is 397 g/mol. The summed E-state index contributed by atoms with van der Waals surface area (Å²) in [6.07, 6.45) is 3.44. The molecular formula is C13H19Br2NOS. The number of aryl methyl sites for hydroxylation is 1. The van der Waals surface area contributed by atoms with E-state index in [4.69, 9.17) is 0 Å². The van der Waals surface area contributed by atoms with E-state index in [1.807, 2.05) is 13.0 Å². The van der Waals surface area contributed by atoms with Crippen molar-refractivity contribution in [2.75, 3.05) is 11.9 Å². The molecule has 0 radical (unpaired) electrons. The van der Waals surface area contributed by atoms with E-state index in [0.29, 0.717) is 5.92 Å². The first-order valence-electron chi connectivity index (χ1n) is 6.18. The van der Waals surface area contributed by atoms with Gasteiger partial charge in [0, 0.05) is 11.9 Å². The lowest BCUT2D eigenvalue weighted by Crippen LogP contribution is -2.29. The van der Waals surface area contributed by atoms with Crippen molar-refractivity contribution in [2.45, 2.75) is 33.1 Å². The standard InChI is InChI=1S/C13H19Br2NOS/c1-3-4-10(5-6-14)8-16-13(17)11-7-9(2)12(15)18-11/h7,10H,3-6,8H2,1-2H3,(H,16,17). The summed E-state index contributed by atoms with van der Waals surface area (Å²) in [5.41, 5.74) is 1.12. The van der Waals surface area contributed by atoms with Crippen LogP contribution in [0, 0.1) is 12.8 Å². The van der Waals surface area contributed by atoms with Crippen molar-refractivity contribution in [1.29, 1.82) is 0 Å². The van der Waals surface area contributed by atoms with E-state index in [2.05, 4.69) is 44.1 Å². The Morgan fingerprint density at radius 1 is 1.50 bits per heavy atom. The highest BCUT2D eigenvalue weighted by Gasteiger charge is 2.13. The highest BCUT2D eigenvalue weighted by atomic mass is 79.9. The van der Waals surface area contributed by atoms with Crippen LogP contribution in [0.15, 0.2) is 9.85 Å². The van der Waals surface area contributed by atoms with E-state index in [-0.39, 0.29) is 5.91 Å². The first kappa shape index (κ1) is 16.2. The summed E-state index contributed by atoms with van der Waals surface area (Å²) in [4.78, 5) is 12.8. The average Bonchev–Trinajstić information content (AvgIpc) is 2.67. The van der Waals surface area contributed by atoms with Crippen LogP contribution < -0.4 is 5.32 Å². The third-order valence-corrected chi connectivity index (χ3v) is 5.44. The fourth-order valence-electron chi connectivity index (χ4n) is 1.81. The van der Waals surface area contributed by atoms with Gasteiger partial charge in [-0.1, -0.05) is 29.3 Å². The number of rotatable bonds is 7. The minimum atomic E-state index is 0.0458. The Labute approximate surface area is 130 Å². The Balaban J connectivity index is 2.48. The van der Waals surface area contributed by atoms with Gasteiger partial charge in [0.25, 0.3) is 5.91 Å². The summed E-state index contributed by atoms with van der Waals surface area (Å²) >= 11 is 8.41. The van der Waals surface area contributed by atoms with Crippen LogP contribution in [0.1, 0.15) is 41.4 Å². The fraction of sp³-hybridized carbons (Fsp3) is 0.615. The van der Waals surface area contributed by atoms with Gasteiger partial charge in [0.15, 0.2) is 0 Å². The summed E-state index contributed by atoms with van der Waals surface area (Å²) < 4.78 is 1.04. The molecule has 2 nitrogen and oxygen atoms in total. The van der Waals surface area contributed by atoms with Gasteiger partial charge in [0.05, 0.1) is 8.66 Å². The van der Waals surface area contributed by atoms with E-state index in [1.54, 1.807) is 0 Å². The van der Waals surface area contributed by atoms with Crippen LogP contribution in [-0.4, -0.2) is 17.8 Å². The summed E-state index contributed by atoms with van der Waals surface area (Å²) in [6, 6.07) is 1.93. The molecule has 0 bridgehead atoms. The van der Waals surface area contributed by atoms with Gasteiger partial charge in [-0.05, 0) is 53.2 Å². The lowest BCUT2D eigenvalue weighted by molar-refractivity contribution is 0.0950. The van der Waals surface area contributed by atoms with Gasteiger partial charge in [0.1, 0.15) is 0 Å². The summed E-state index contributed by atoms with van der Waals surface area (Å²) in [5, 5.41) is 4.04. The van der Waals surface area contributed by atoms with Gasteiger partial charge in [0.2, 0.25) is 0 Å². The summed E-state index contributed by atoms with van der Waals surface area (Å²) in [5.74, 6) is 0.618. The molecule has 0 aromatic carbocycles. The molecule has 1 amide bonds. The smallest absolute Gasteiger partial charge is 0.261 e. The zero-order valence-electron chi connectivity index (χ0n) is 10.8. The van der Waals surface area contributed by atoms with Crippen LogP contribution >= 0.6 is 43.2 Å². The Hall–Kier alpha value is 0.130. The molecule has 0 aliphatic carbocycles. The van der Waals surface area contributed by atoms with E-state index in [0.717, 1.165) is 38.9 Å². The number of carbonyl (C=O) groups excluding carboxylic acids is 1. The molecule has 0 aliphatic rings. The van der Waals surface area contributed by atoms with E-state index in [1.165, 1.54) is 17.8 Å². The molecule has 1 N–H and O–H groups in total. The molecular weight excluding hydrogens is 378 g/mol. The molecule has 0 fully saturated rings. The molecule has 1 unspecified atom stereocenters. The second-order valence-corrected chi connectivity index (χ2v) is 7.57. The van der Waals surface area contributed by atoms with E-state index in [9.17, 15) is 4.79 Å². The lowest BCUT2D eigenvalue weighted by atomic mass is 10.0. The third kappa shape index (κ3) is 5.02. The van der Waals surface area contributed by atoms with Crippen molar-refractivity contribution in [3.63, 3.8) is 0 Å². The predicted octanol–water partition coefficient (Wildman–Crippen LogP) is 4.75. The van der Waals surface area contributed by atoms with Gasteiger partial charge in [-0.15, -0.1) is 11.3 Å². The number of amides is 1. The molecule has 0 saturated carbocycles. The van der Waals surface area contributed by atoms with Gasteiger partial charge in [-0.3, -0.25) is 4.79 Å². The van der Waals surface area contributed by atoms with E-state index >= 15 is 0 Å². The number of alkyl halides is 1. The number of halogens is 2. The quantitative estimate of drug-likeness (QED) is 0.662. The second kappa shape index (κ2) is 8.33. The van der Waals surface area contributed by atoms with E-state index < -0.39 is 0 Å². The number of carbonyl (C=O) groups is 1. The predicted molar refractivity (Wildman–Crippen MR) is 85.9 cm³/mol. The maximum atomic E-state index is 12.0. The first-order valence-corrected chi connectivity index (χ1v) is 8.91.